The first-order valence-corrected chi connectivity index (χ1v) is 6.64. The van der Waals surface area contributed by atoms with Gasteiger partial charge in [-0.15, -0.1) is 0 Å². The Labute approximate surface area is 117 Å². The Hall–Kier alpha value is -2.08. The first-order chi connectivity index (χ1) is 9.56. The van der Waals surface area contributed by atoms with Crippen molar-refractivity contribution in [3.8, 4) is 0 Å². The molecule has 3 amide bonds. The van der Waals surface area contributed by atoms with E-state index < -0.39 is 6.10 Å². The molecule has 0 radical (unpaired) electrons. The molecule has 6 nitrogen and oxygen atoms in total. The van der Waals surface area contributed by atoms with Gasteiger partial charge < -0.3 is 20.6 Å². The highest BCUT2D eigenvalue weighted by Crippen LogP contribution is 2.20. The standard InChI is InChI=1S/C14H19N3O3/c1-10(18)8-15-14(20)16-11-7-13(19)17(9-11)12-5-3-2-4-6-12/h2-6,10-11,18H,7-9H2,1H3,(H2,15,16,20)/t10-,11-/m0/s1. The maximum atomic E-state index is 11.9. The number of anilines is 1. The third-order valence-electron chi connectivity index (χ3n) is 3.09. The van der Waals surface area contributed by atoms with Crippen molar-refractivity contribution < 1.29 is 14.7 Å². The Morgan fingerprint density at radius 1 is 1.45 bits per heavy atom. The number of rotatable bonds is 4. The molecule has 0 saturated carbocycles. The molecular formula is C14H19N3O3. The van der Waals surface area contributed by atoms with Gasteiger partial charge in [0.15, 0.2) is 0 Å². The molecule has 1 aromatic rings. The van der Waals surface area contributed by atoms with Crippen molar-refractivity contribution in [1.82, 2.24) is 10.6 Å². The zero-order valence-corrected chi connectivity index (χ0v) is 11.4. The number of para-hydroxylation sites is 1. The maximum Gasteiger partial charge on any atom is 0.315 e. The van der Waals surface area contributed by atoms with E-state index in [9.17, 15) is 9.59 Å². The number of hydrogen-bond donors (Lipinski definition) is 3. The van der Waals surface area contributed by atoms with E-state index in [1.165, 1.54) is 0 Å². The second-order valence-corrected chi connectivity index (χ2v) is 4.94. The number of nitrogens with zero attached hydrogens (tertiary/aromatic N) is 1. The van der Waals surface area contributed by atoms with E-state index in [2.05, 4.69) is 10.6 Å². The van der Waals surface area contributed by atoms with Crippen LogP contribution in [0.5, 0.6) is 0 Å². The van der Waals surface area contributed by atoms with E-state index in [4.69, 9.17) is 5.11 Å². The monoisotopic (exact) mass is 277 g/mol. The molecule has 0 unspecified atom stereocenters. The van der Waals surface area contributed by atoms with E-state index in [-0.39, 0.29) is 30.9 Å². The number of amides is 3. The predicted octanol–water partition coefficient (Wildman–Crippen LogP) is 0.472. The number of nitrogens with one attached hydrogen (secondary N) is 2. The SMILES string of the molecule is C[C@H](O)CNC(=O)N[C@H]1CC(=O)N(c2ccccc2)C1. The number of carbonyl (C=O) groups is 2. The van der Waals surface area contributed by atoms with Crippen LogP contribution in [0.1, 0.15) is 13.3 Å². The van der Waals surface area contributed by atoms with Gasteiger partial charge in [0.25, 0.3) is 0 Å². The number of benzene rings is 1. The molecule has 1 aromatic carbocycles. The van der Waals surface area contributed by atoms with Gasteiger partial charge in [0.05, 0.1) is 12.1 Å². The van der Waals surface area contributed by atoms with Crippen molar-refractivity contribution >= 4 is 17.6 Å². The van der Waals surface area contributed by atoms with E-state index in [1.807, 2.05) is 30.3 Å². The molecule has 0 bridgehead atoms. The summed E-state index contributed by atoms with van der Waals surface area (Å²) in [6, 6.07) is 8.80. The normalized spacial score (nSPS) is 19.8. The molecule has 1 saturated heterocycles. The summed E-state index contributed by atoms with van der Waals surface area (Å²) < 4.78 is 0. The summed E-state index contributed by atoms with van der Waals surface area (Å²) in [6.45, 7) is 2.25. The Morgan fingerprint density at radius 3 is 2.80 bits per heavy atom. The number of carbonyl (C=O) groups excluding carboxylic acids is 2. The number of aliphatic hydroxyl groups is 1. The molecule has 1 fully saturated rings. The second-order valence-electron chi connectivity index (χ2n) is 4.94. The molecule has 6 heteroatoms. The molecule has 3 N–H and O–H groups in total. The van der Waals surface area contributed by atoms with E-state index in [0.717, 1.165) is 5.69 Å². The fraction of sp³-hybridized carbons (Fsp3) is 0.429. The molecular weight excluding hydrogens is 258 g/mol. The van der Waals surface area contributed by atoms with Gasteiger partial charge >= 0.3 is 6.03 Å². The van der Waals surface area contributed by atoms with Crippen LogP contribution in [-0.4, -0.2) is 42.3 Å². The van der Waals surface area contributed by atoms with Crippen LogP contribution in [0.4, 0.5) is 10.5 Å². The Morgan fingerprint density at radius 2 is 2.15 bits per heavy atom. The molecule has 20 heavy (non-hydrogen) atoms. The molecule has 1 heterocycles. The minimum absolute atomic E-state index is 0.00275. The van der Waals surface area contributed by atoms with Crippen molar-refractivity contribution in [2.75, 3.05) is 18.0 Å². The smallest absolute Gasteiger partial charge is 0.315 e. The molecule has 2 rings (SSSR count). The molecule has 2 atom stereocenters. The second kappa shape index (κ2) is 6.38. The first-order valence-electron chi connectivity index (χ1n) is 6.64. The van der Waals surface area contributed by atoms with Crippen molar-refractivity contribution in [3.05, 3.63) is 30.3 Å². The lowest BCUT2D eigenvalue weighted by atomic mass is 10.2. The average molecular weight is 277 g/mol. The molecule has 1 aliphatic rings. The molecule has 0 aliphatic carbocycles. The summed E-state index contributed by atoms with van der Waals surface area (Å²) in [4.78, 5) is 25.2. The number of urea groups is 1. The van der Waals surface area contributed by atoms with Gasteiger partial charge in [-0.05, 0) is 19.1 Å². The van der Waals surface area contributed by atoms with E-state index in [0.29, 0.717) is 6.54 Å². The Kier molecular flexibility index (Phi) is 4.57. The average Bonchev–Trinajstić information content (AvgIpc) is 2.78. The van der Waals surface area contributed by atoms with E-state index >= 15 is 0 Å². The zero-order chi connectivity index (χ0) is 14.5. The van der Waals surface area contributed by atoms with Crippen LogP contribution in [0.15, 0.2) is 30.3 Å². The fourth-order valence-corrected chi connectivity index (χ4v) is 2.14. The summed E-state index contributed by atoms with van der Waals surface area (Å²) in [5.41, 5.74) is 0.839. The lowest BCUT2D eigenvalue weighted by Gasteiger charge is -2.17. The Bertz CT molecular complexity index is 476. The molecule has 108 valence electrons. The van der Waals surface area contributed by atoms with Crippen molar-refractivity contribution in [3.63, 3.8) is 0 Å². The minimum Gasteiger partial charge on any atom is -0.392 e. The number of hydrogen-bond acceptors (Lipinski definition) is 3. The van der Waals surface area contributed by atoms with Crippen molar-refractivity contribution in [1.29, 1.82) is 0 Å². The van der Waals surface area contributed by atoms with Gasteiger partial charge in [0.2, 0.25) is 5.91 Å². The highest BCUT2D eigenvalue weighted by Gasteiger charge is 2.31. The highest BCUT2D eigenvalue weighted by molar-refractivity contribution is 5.96. The third-order valence-corrected chi connectivity index (χ3v) is 3.09. The fourth-order valence-electron chi connectivity index (χ4n) is 2.14. The zero-order valence-electron chi connectivity index (χ0n) is 11.4. The maximum absolute atomic E-state index is 11.9. The molecule has 1 aliphatic heterocycles. The van der Waals surface area contributed by atoms with Crippen LogP contribution in [0, 0.1) is 0 Å². The van der Waals surface area contributed by atoms with Gasteiger partial charge in [-0.25, -0.2) is 4.79 Å². The largest absolute Gasteiger partial charge is 0.392 e. The summed E-state index contributed by atoms with van der Waals surface area (Å²) in [5.74, 6) is -0.00275. The summed E-state index contributed by atoms with van der Waals surface area (Å²) in [5, 5.41) is 14.4. The Balaban J connectivity index is 1.88. The van der Waals surface area contributed by atoms with Gasteiger partial charge in [0.1, 0.15) is 0 Å². The summed E-state index contributed by atoms with van der Waals surface area (Å²) >= 11 is 0. The van der Waals surface area contributed by atoms with Gasteiger partial charge in [-0.2, -0.15) is 0 Å². The van der Waals surface area contributed by atoms with Crippen molar-refractivity contribution in [2.24, 2.45) is 0 Å². The van der Waals surface area contributed by atoms with Gasteiger partial charge in [-0.3, -0.25) is 4.79 Å². The van der Waals surface area contributed by atoms with Gasteiger partial charge in [-0.1, -0.05) is 18.2 Å². The summed E-state index contributed by atoms with van der Waals surface area (Å²) in [6.07, 6.45) is -0.302. The topological polar surface area (TPSA) is 81.7 Å². The number of aliphatic hydroxyl groups excluding tert-OH is 1. The third kappa shape index (κ3) is 3.71. The van der Waals surface area contributed by atoms with E-state index in [1.54, 1.807) is 11.8 Å². The summed E-state index contributed by atoms with van der Waals surface area (Å²) in [7, 11) is 0. The highest BCUT2D eigenvalue weighted by atomic mass is 16.3. The van der Waals surface area contributed by atoms with Crippen LogP contribution in [-0.2, 0) is 4.79 Å². The van der Waals surface area contributed by atoms with Gasteiger partial charge in [0, 0.05) is 25.2 Å². The lowest BCUT2D eigenvalue weighted by Crippen LogP contribution is -2.45. The minimum atomic E-state index is -0.591. The van der Waals surface area contributed by atoms with Crippen LogP contribution in [0.2, 0.25) is 0 Å². The van der Waals surface area contributed by atoms with Crippen LogP contribution >= 0.6 is 0 Å². The lowest BCUT2D eigenvalue weighted by molar-refractivity contribution is -0.117. The first kappa shape index (κ1) is 14.3. The quantitative estimate of drug-likeness (QED) is 0.748. The van der Waals surface area contributed by atoms with Crippen LogP contribution in [0.25, 0.3) is 0 Å². The van der Waals surface area contributed by atoms with Crippen molar-refractivity contribution in [2.45, 2.75) is 25.5 Å². The van der Waals surface area contributed by atoms with Crippen LogP contribution < -0.4 is 15.5 Å². The van der Waals surface area contributed by atoms with Crippen LogP contribution in [0.3, 0.4) is 0 Å². The molecule has 0 spiro atoms. The molecule has 0 aromatic heterocycles. The predicted molar refractivity (Wildman–Crippen MR) is 75.4 cm³/mol.